The van der Waals surface area contributed by atoms with Crippen LogP contribution >= 0.6 is 0 Å². The molecule has 3 rings (SSSR count). The van der Waals surface area contributed by atoms with Crippen LogP contribution in [0.1, 0.15) is 31.9 Å². The molecule has 37 heavy (non-hydrogen) atoms. The zero-order valence-corrected chi connectivity index (χ0v) is 22.0. The minimum atomic E-state index is -4.18. The summed E-state index contributed by atoms with van der Waals surface area (Å²) in [6, 6.07) is 14.4. The van der Waals surface area contributed by atoms with Crippen LogP contribution in [0, 0.1) is 6.92 Å². The van der Waals surface area contributed by atoms with Crippen molar-refractivity contribution in [1.82, 2.24) is 4.31 Å². The molecule has 0 bridgehead atoms. The fraction of sp³-hybridized carbons (Fsp3) is 0.423. The number of hydrogen-bond donors (Lipinski definition) is 0. The molecule has 1 aliphatic rings. The second kappa shape index (κ2) is 12.3. The SMILES string of the molecule is CC(=O)O[C@@H]1[C@H](OC(C)=O)[C@H](OC(C)=O)CN(S(=O)(=O)c2ccc(C)cc2)[C@@H]1COCc1ccccc1. The van der Waals surface area contributed by atoms with E-state index in [1.807, 2.05) is 37.3 Å². The Labute approximate surface area is 216 Å². The first-order valence-corrected chi connectivity index (χ1v) is 13.1. The largest absolute Gasteiger partial charge is 0.457 e. The van der Waals surface area contributed by atoms with Crippen LogP contribution in [0.4, 0.5) is 0 Å². The molecule has 1 aliphatic heterocycles. The summed E-state index contributed by atoms with van der Waals surface area (Å²) in [7, 11) is -4.18. The lowest BCUT2D eigenvalue weighted by molar-refractivity contribution is -0.201. The Morgan fingerprint density at radius 1 is 0.838 bits per heavy atom. The monoisotopic (exact) mass is 533 g/mol. The molecule has 4 atom stereocenters. The lowest BCUT2D eigenvalue weighted by Gasteiger charge is -2.46. The van der Waals surface area contributed by atoms with Crippen molar-refractivity contribution in [1.29, 1.82) is 0 Å². The zero-order valence-electron chi connectivity index (χ0n) is 21.2. The van der Waals surface area contributed by atoms with Crippen molar-refractivity contribution in [3.05, 3.63) is 65.7 Å². The fourth-order valence-electron chi connectivity index (χ4n) is 4.17. The summed E-state index contributed by atoms with van der Waals surface area (Å²) in [6.07, 6.45) is -3.79. The Morgan fingerprint density at radius 2 is 1.41 bits per heavy atom. The quantitative estimate of drug-likeness (QED) is 0.353. The van der Waals surface area contributed by atoms with Crippen molar-refractivity contribution >= 4 is 27.9 Å². The Bertz CT molecular complexity index is 1200. The van der Waals surface area contributed by atoms with Crippen LogP contribution in [0.3, 0.4) is 0 Å². The van der Waals surface area contributed by atoms with E-state index in [4.69, 9.17) is 18.9 Å². The minimum absolute atomic E-state index is 0.000227. The summed E-state index contributed by atoms with van der Waals surface area (Å²) < 4.78 is 50.9. The van der Waals surface area contributed by atoms with Crippen molar-refractivity contribution in [2.75, 3.05) is 13.2 Å². The van der Waals surface area contributed by atoms with E-state index in [2.05, 4.69) is 0 Å². The lowest BCUT2D eigenvalue weighted by atomic mass is 9.95. The van der Waals surface area contributed by atoms with Crippen LogP contribution in [-0.2, 0) is 50.0 Å². The van der Waals surface area contributed by atoms with Gasteiger partial charge in [-0.05, 0) is 24.6 Å². The van der Waals surface area contributed by atoms with Gasteiger partial charge in [0, 0.05) is 20.8 Å². The molecular formula is C26H31NO9S. The number of nitrogens with zero attached hydrogens (tertiary/aromatic N) is 1. The molecule has 0 saturated carbocycles. The van der Waals surface area contributed by atoms with E-state index < -0.39 is 52.3 Å². The molecule has 0 aliphatic carbocycles. The number of sulfonamides is 1. The number of ether oxygens (including phenoxy) is 4. The first kappa shape index (κ1) is 28.3. The predicted molar refractivity (Wildman–Crippen MR) is 132 cm³/mol. The van der Waals surface area contributed by atoms with Crippen LogP contribution in [0.5, 0.6) is 0 Å². The van der Waals surface area contributed by atoms with Crippen LogP contribution in [0.25, 0.3) is 0 Å². The number of carbonyl (C=O) groups excluding carboxylic acids is 3. The van der Waals surface area contributed by atoms with E-state index in [1.165, 1.54) is 12.1 Å². The van der Waals surface area contributed by atoms with Gasteiger partial charge in [0.2, 0.25) is 10.0 Å². The highest BCUT2D eigenvalue weighted by atomic mass is 32.2. The van der Waals surface area contributed by atoms with Gasteiger partial charge in [-0.25, -0.2) is 8.42 Å². The average molecular weight is 534 g/mol. The highest BCUT2D eigenvalue weighted by Crippen LogP contribution is 2.32. The number of benzene rings is 2. The van der Waals surface area contributed by atoms with Crippen molar-refractivity contribution in [3.8, 4) is 0 Å². The van der Waals surface area contributed by atoms with Crippen LogP contribution in [0.15, 0.2) is 59.5 Å². The molecule has 2 aromatic rings. The third-order valence-electron chi connectivity index (χ3n) is 5.75. The fourth-order valence-corrected chi connectivity index (χ4v) is 5.80. The molecule has 0 amide bonds. The number of piperidine rings is 1. The Kier molecular flexibility index (Phi) is 9.41. The third-order valence-corrected chi connectivity index (χ3v) is 7.65. The summed E-state index contributed by atoms with van der Waals surface area (Å²) >= 11 is 0. The highest BCUT2D eigenvalue weighted by molar-refractivity contribution is 7.89. The van der Waals surface area contributed by atoms with Crippen LogP contribution in [-0.4, -0.2) is 68.1 Å². The summed E-state index contributed by atoms with van der Waals surface area (Å²) in [5, 5.41) is 0. The smallest absolute Gasteiger partial charge is 0.303 e. The zero-order chi connectivity index (χ0) is 27.2. The van der Waals surface area contributed by atoms with Crippen LogP contribution < -0.4 is 0 Å². The van der Waals surface area contributed by atoms with Gasteiger partial charge in [-0.2, -0.15) is 4.31 Å². The molecule has 0 radical (unpaired) electrons. The minimum Gasteiger partial charge on any atom is -0.457 e. The van der Waals surface area contributed by atoms with Gasteiger partial charge in [0.15, 0.2) is 18.3 Å². The van der Waals surface area contributed by atoms with Gasteiger partial charge in [0.05, 0.1) is 30.7 Å². The van der Waals surface area contributed by atoms with Gasteiger partial charge in [-0.1, -0.05) is 48.0 Å². The topological polar surface area (TPSA) is 126 Å². The molecule has 200 valence electrons. The number of hydrogen-bond acceptors (Lipinski definition) is 9. The average Bonchev–Trinajstić information content (AvgIpc) is 2.82. The maximum atomic E-state index is 13.8. The molecule has 11 heteroatoms. The van der Waals surface area contributed by atoms with E-state index in [9.17, 15) is 22.8 Å². The second-order valence-electron chi connectivity index (χ2n) is 8.75. The maximum absolute atomic E-state index is 13.8. The normalized spacial score (nSPS) is 22.2. The molecular weight excluding hydrogens is 502 g/mol. The number of aryl methyl sites for hydroxylation is 1. The molecule has 0 spiro atoms. The molecule has 0 aromatic heterocycles. The number of rotatable bonds is 9. The molecule has 0 unspecified atom stereocenters. The Balaban J connectivity index is 2.05. The molecule has 2 aromatic carbocycles. The highest BCUT2D eigenvalue weighted by Gasteiger charge is 2.53. The van der Waals surface area contributed by atoms with E-state index in [-0.39, 0.29) is 24.7 Å². The summed E-state index contributed by atoms with van der Waals surface area (Å²) in [5.74, 6) is -2.15. The second-order valence-corrected chi connectivity index (χ2v) is 10.6. The standard InChI is InChI=1S/C26H31NO9S/c1-17-10-12-22(13-11-17)37(31,32)27-14-24(34-18(2)28)26(36-20(4)30)25(35-19(3)29)23(27)16-33-15-21-8-6-5-7-9-21/h5-13,23-26H,14-16H2,1-4H3/t23-,24-,25+,26-/m1/s1. The van der Waals surface area contributed by atoms with Gasteiger partial charge in [0.1, 0.15) is 0 Å². The van der Waals surface area contributed by atoms with E-state index in [0.29, 0.717) is 0 Å². The van der Waals surface area contributed by atoms with Crippen LogP contribution in [0.2, 0.25) is 0 Å². The Hall–Kier alpha value is -3.28. The predicted octanol–water partition coefficient (Wildman–Crippen LogP) is 2.38. The first-order chi connectivity index (χ1) is 17.5. The molecule has 10 nitrogen and oxygen atoms in total. The van der Waals surface area contributed by atoms with Crippen molar-refractivity contribution in [3.63, 3.8) is 0 Å². The number of carbonyl (C=O) groups is 3. The van der Waals surface area contributed by atoms with E-state index >= 15 is 0 Å². The first-order valence-electron chi connectivity index (χ1n) is 11.7. The van der Waals surface area contributed by atoms with Gasteiger partial charge < -0.3 is 18.9 Å². The molecule has 0 N–H and O–H groups in total. The lowest BCUT2D eigenvalue weighted by Crippen LogP contribution is -2.66. The summed E-state index contributed by atoms with van der Waals surface area (Å²) in [5.41, 5.74) is 1.72. The van der Waals surface area contributed by atoms with Crippen molar-refractivity contribution < 1.29 is 41.7 Å². The van der Waals surface area contributed by atoms with Gasteiger partial charge >= 0.3 is 17.9 Å². The summed E-state index contributed by atoms with van der Waals surface area (Å²) in [4.78, 5) is 35.9. The third kappa shape index (κ3) is 7.37. The molecule has 1 heterocycles. The number of esters is 3. The van der Waals surface area contributed by atoms with Gasteiger partial charge in [-0.15, -0.1) is 0 Å². The molecule has 1 saturated heterocycles. The van der Waals surface area contributed by atoms with Crippen molar-refractivity contribution in [2.24, 2.45) is 0 Å². The summed E-state index contributed by atoms with van der Waals surface area (Å²) in [6.45, 7) is 4.92. The molecule has 1 fully saturated rings. The Morgan fingerprint density at radius 3 is 1.97 bits per heavy atom. The maximum Gasteiger partial charge on any atom is 0.303 e. The van der Waals surface area contributed by atoms with E-state index in [0.717, 1.165) is 36.2 Å². The van der Waals surface area contributed by atoms with Gasteiger partial charge in [0.25, 0.3) is 0 Å². The van der Waals surface area contributed by atoms with Crippen molar-refractivity contribution in [2.45, 2.75) is 63.6 Å². The van der Waals surface area contributed by atoms with E-state index in [1.54, 1.807) is 12.1 Å². The van der Waals surface area contributed by atoms with Gasteiger partial charge in [-0.3, -0.25) is 14.4 Å².